The Bertz CT molecular complexity index is 796. The highest BCUT2D eigenvalue weighted by Crippen LogP contribution is 2.40. The van der Waals surface area contributed by atoms with Crippen LogP contribution in [0.25, 0.3) is 0 Å². The Morgan fingerprint density at radius 3 is 2.68 bits per heavy atom. The maximum atomic E-state index is 12.6. The summed E-state index contributed by atoms with van der Waals surface area (Å²) in [5.74, 6) is 1.40. The molecule has 4 aliphatic rings. The number of halogens is 1. The van der Waals surface area contributed by atoms with Crippen LogP contribution in [0, 0.1) is 0 Å². The van der Waals surface area contributed by atoms with E-state index in [4.69, 9.17) is 16.6 Å². The van der Waals surface area contributed by atoms with Crippen LogP contribution in [0.2, 0.25) is 5.02 Å². The second kappa shape index (κ2) is 7.23. The van der Waals surface area contributed by atoms with Crippen LogP contribution >= 0.6 is 11.6 Å². The zero-order chi connectivity index (χ0) is 19.1. The number of nitrogens with zero attached hydrogens (tertiary/aromatic N) is 4. The molecule has 0 radical (unpaired) electrons. The molecule has 0 aliphatic carbocycles. The van der Waals surface area contributed by atoms with Crippen LogP contribution in [0.1, 0.15) is 37.7 Å². The number of anilines is 1. The van der Waals surface area contributed by atoms with Gasteiger partial charge in [0.2, 0.25) is 5.91 Å². The maximum Gasteiger partial charge on any atom is 0.236 e. The van der Waals surface area contributed by atoms with Gasteiger partial charge in [-0.2, -0.15) is 0 Å². The fourth-order valence-electron chi connectivity index (χ4n) is 5.14. The van der Waals surface area contributed by atoms with Crippen molar-refractivity contribution in [1.29, 1.82) is 0 Å². The van der Waals surface area contributed by atoms with Gasteiger partial charge < -0.3 is 15.1 Å². The molecular weight excluding hydrogens is 374 g/mol. The number of amidine groups is 1. The van der Waals surface area contributed by atoms with E-state index in [1.807, 2.05) is 12.1 Å². The summed E-state index contributed by atoms with van der Waals surface area (Å²) in [5, 5.41) is 4.55. The number of fused-ring (bicyclic) bond motifs is 4. The fourth-order valence-corrected chi connectivity index (χ4v) is 5.31. The number of hydrogen-bond acceptors (Lipinski definition) is 5. The molecule has 1 amide bonds. The molecule has 2 saturated heterocycles. The number of aliphatic imine (C=N–C) groups is 1. The number of carbonyl (C=O) groups excluding carboxylic acids is 1. The number of amides is 1. The number of benzene rings is 1. The van der Waals surface area contributed by atoms with Crippen molar-refractivity contribution in [2.45, 2.75) is 37.8 Å². The molecule has 6 nitrogen and oxygen atoms in total. The number of nitrogens with one attached hydrogen (secondary N) is 1. The Labute approximate surface area is 171 Å². The van der Waals surface area contributed by atoms with Crippen LogP contribution in [-0.4, -0.2) is 77.9 Å². The Morgan fingerprint density at radius 1 is 1.11 bits per heavy atom. The average molecular weight is 402 g/mol. The van der Waals surface area contributed by atoms with E-state index in [2.05, 4.69) is 26.1 Å². The minimum Gasteiger partial charge on any atom is -0.362 e. The Balaban J connectivity index is 1.29. The molecular formula is C21H28ClN5O. The Morgan fingerprint density at radius 2 is 1.89 bits per heavy atom. The number of piperidine rings is 2. The zero-order valence-electron chi connectivity index (χ0n) is 16.3. The van der Waals surface area contributed by atoms with Gasteiger partial charge in [0.1, 0.15) is 11.5 Å². The average Bonchev–Trinajstić information content (AvgIpc) is 3.21. The highest BCUT2D eigenvalue weighted by atomic mass is 35.5. The third-order valence-corrected chi connectivity index (χ3v) is 6.93. The summed E-state index contributed by atoms with van der Waals surface area (Å²) in [6.45, 7) is 6.07. The molecule has 2 fully saturated rings. The van der Waals surface area contributed by atoms with Gasteiger partial charge in [0.15, 0.2) is 0 Å². The van der Waals surface area contributed by atoms with Crippen LogP contribution in [0.4, 0.5) is 5.69 Å². The minimum absolute atomic E-state index is 0.113. The molecule has 0 aromatic heterocycles. The Kier molecular flexibility index (Phi) is 4.71. The molecule has 5 rings (SSSR count). The summed E-state index contributed by atoms with van der Waals surface area (Å²) in [6.07, 6.45) is 5.51. The van der Waals surface area contributed by atoms with Crippen molar-refractivity contribution in [3.63, 3.8) is 0 Å². The van der Waals surface area contributed by atoms with Gasteiger partial charge in [0.05, 0.1) is 13.1 Å². The number of rotatable bonds is 2. The molecule has 150 valence electrons. The van der Waals surface area contributed by atoms with Crippen molar-refractivity contribution in [1.82, 2.24) is 14.7 Å². The lowest BCUT2D eigenvalue weighted by molar-refractivity contribution is -0.133. The lowest BCUT2D eigenvalue weighted by Crippen LogP contribution is -2.63. The largest absolute Gasteiger partial charge is 0.362 e. The summed E-state index contributed by atoms with van der Waals surface area (Å²) in [6, 6.07) is 6.03. The van der Waals surface area contributed by atoms with E-state index >= 15 is 0 Å². The molecule has 0 saturated carbocycles. The van der Waals surface area contributed by atoms with Crippen molar-refractivity contribution in [2.75, 3.05) is 51.1 Å². The quantitative estimate of drug-likeness (QED) is 0.827. The highest BCUT2D eigenvalue weighted by Gasteiger charge is 2.46. The van der Waals surface area contributed by atoms with Gasteiger partial charge in [-0.1, -0.05) is 11.6 Å². The summed E-state index contributed by atoms with van der Waals surface area (Å²) in [7, 11) is 0. The minimum atomic E-state index is -0.113. The van der Waals surface area contributed by atoms with E-state index in [1.165, 1.54) is 6.42 Å². The molecule has 1 aromatic rings. The SMILES string of the molecule is O=C(CN1CCC2(CC1)Nc1cc(Cl)ccc1C1=NCCN12)N1CCCCC1. The summed E-state index contributed by atoms with van der Waals surface area (Å²) in [5.41, 5.74) is 2.12. The van der Waals surface area contributed by atoms with Gasteiger partial charge >= 0.3 is 0 Å². The molecule has 1 aromatic carbocycles. The smallest absolute Gasteiger partial charge is 0.236 e. The van der Waals surface area contributed by atoms with E-state index in [9.17, 15) is 4.79 Å². The second-order valence-corrected chi connectivity index (χ2v) is 8.86. The summed E-state index contributed by atoms with van der Waals surface area (Å²) >= 11 is 6.26. The van der Waals surface area contributed by atoms with Crippen LogP contribution in [0.15, 0.2) is 23.2 Å². The standard InChI is InChI=1S/C21H28ClN5O/c22-16-4-5-17-18(14-16)24-21(27-13-8-23-20(17)27)6-11-25(12-7-21)15-19(28)26-9-2-1-3-10-26/h4-5,14,24H,1-3,6-13,15H2. The monoisotopic (exact) mass is 401 g/mol. The van der Waals surface area contributed by atoms with E-state index in [1.54, 1.807) is 0 Å². The first-order valence-corrected chi connectivity index (χ1v) is 10.9. The Hall–Kier alpha value is -1.79. The molecule has 0 atom stereocenters. The fraction of sp³-hybridized carbons (Fsp3) is 0.619. The molecule has 1 N–H and O–H groups in total. The summed E-state index contributed by atoms with van der Waals surface area (Å²) in [4.78, 5) is 24.3. The molecule has 7 heteroatoms. The molecule has 0 bridgehead atoms. The first-order valence-electron chi connectivity index (χ1n) is 10.5. The van der Waals surface area contributed by atoms with Crippen molar-refractivity contribution in [3.05, 3.63) is 28.8 Å². The third kappa shape index (κ3) is 3.16. The van der Waals surface area contributed by atoms with Crippen LogP contribution in [0.3, 0.4) is 0 Å². The molecule has 28 heavy (non-hydrogen) atoms. The maximum absolute atomic E-state index is 12.6. The van der Waals surface area contributed by atoms with E-state index in [0.717, 1.165) is 87.1 Å². The zero-order valence-corrected chi connectivity index (χ0v) is 17.0. The van der Waals surface area contributed by atoms with Crippen molar-refractivity contribution >= 4 is 29.0 Å². The first kappa shape index (κ1) is 18.3. The van der Waals surface area contributed by atoms with Crippen molar-refractivity contribution in [2.24, 2.45) is 4.99 Å². The molecule has 1 spiro atoms. The lowest BCUT2D eigenvalue weighted by atomic mass is 9.90. The van der Waals surface area contributed by atoms with Crippen molar-refractivity contribution in [3.8, 4) is 0 Å². The third-order valence-electron chi connectivity index (χ3n) is 6.70. The first-order chi connectivity index (χ1) is 13.6. The molecule has 0 unspecified atom stereocenters. The van der Waals surface area contributed by atoms with Gasteiger partial charge in [0, 0.05) is 61.8 Å². The molecule has 4 aliphatic heterocycles. The topological polar surface area (TPSA) is 51.2 Å². The van der Waals surface area contributed by atoms with Gasteiger partial charge in [0.25, 0.3) is 0 Å². The van der Waals surface area contributed by atoms with Crippen LogP contribution in [-0.2, 0) is 4.79 Å². The van der Waals surface area contributed by atoms with Gasteiger partial charge in [-0.3, -0.25) is 14.7 Å². The lowest BCUT2D eigenvalue weighted by Gasteiger charge is -2.52. The van der Waals surface area contributed by atoms with Gasteiger partial charge in [-0.25, -0.2) is 0 Å². The van der Waals surface area contributed by atoms with Gasteiger partial charge in [-0.05, 0) is 37.5 Å². The van der Waals surface area contributed by atoms with Crippen LogP contribution in [0.5, 0.6) is 0 Å². The predicted octanol–water partition coefficient (Wildman–Crippen LogP) is 2.63. The highest BCUT2D eigenvalue weighted by molar-refractivity contribution is 6.31. The van der Waals surface area contributed by atoms with E-state index in [-0.39, 0.29) is 5.66 Å². The van der Waals surface area contributed by atoms with Crippen LogP contribution < -0.4 is 5.32 Å². The predicted molar refractivity (Wildman–Crippen MR) is 112 cm³/mol. The second-order valence-electron chi connectivity index (χ2n) is 8.42. The summed E-state index contributed by atoms with van der Waals surface area (Å²) < 4.78 is 0. The normalized spacial score (nSPS) is 23.8. The van der Waals surface area contributed by atoms with Crippen molar-refractivity contribution < 1.29 is 4.79 Å². The molecule has 4 heterocycles. The number of hydrogen-bond donors (Lipinski definition) is 1. The van der Waals surface area contributed by atoms with Gasteiger partial charge in [-0.15, -0.1) is 0 Å². The van der Waals surface area contributed by atoms with E-state index < -0.39 is 0 Å². The number of carbonyl (C=O) groups is 1. The number of likely N-dealkylation sites (tertiary alicyclic amines) is 2. The van der Waals surface area contributed by atoms with E-state index in [0.29, 0.717) is 12.5 Å².